The van der Waals surface area contributed by atoms with Gasteiger partial charge in [0.25, 0.3) is 0 Å². The van der Waals surface area contributed by atoms with Crippen molar-refractivity contribution in [2.24, 2.45) is 11.3 Å². The lowest BCUT2D eigenvalue weighted by atomic mass is 9.91. The normalized spacial score (nSPS) is 15.1. The van der Waals surface area contributed by atoms with Crippen LogP contribution in [-0.2, 0) is 20.9 Å². The number of rotatable bonds is 5. The third-order valence-corrected chi connectivity index (χ3v) is 4.96. The van der Waals surface area contributed by atoms with Crippen molar-refractivity contribution in [1.29, 1.82) is 0 Å². The van der Waals surface area contributed by atoms with Crippen LogP contribution in [0.15, 0.2) is 48.8 Å². The quantitative estimate of drug-likeness (QED) is 0.709. The molecule has 0 aliphatic carbocycles. The maximum Gasteiger partial charge on any atom is 0.309 e. The smallest absolute Gasteiger partial charge is 0.309 e. The van der Waals surface area contributed by atoms with E-state index >= 15 is 0 Å². The summed E-state index contributed by atoms with van der Waals surface area (Å²) in [6.45, 7) is 7.09. The summed E-state index contributed by atoms with van der Waals surface area (Å²) in [5.74, 6) is 1.00. The van der Waals surface area contributed by atoms with Crippen molar-refractivity contribution in [3.05, 3.63) is 54.4 Å². The molecule has 0 bridgehead atoms. The molecule has 1 saturated heterocycles. The molecule has 1 aliphatic heterocycles. The Labute approximate surface area is 171 Å². The summed E-state index contributed by atoms with van der Waals surface area (Å²) < 4.78 is 11.4. The minimum atomic E-state index is -0.397. The Morgan fingerprint density at radius 1 is 1.10 bits per heavy atom. The number of piperidine rings is 1. The Hall–Kier alpha value is -2.89. The van der Waals surface area contributed by atoms with Gasteiger partial charge in [-0.15, -0.1) is 0 Å². The van der Waals surface area contributed by atoms with Gasteiger partial charge in [0.1, 0.15) is 18.1 Å². The predicted octanol–water partition coefficient (Wildman–Crippen LogP) is 4.20. The van der Waals surface area contributed by atoms with E-state index in [0.717, 1.165) is 5.56 Å². The summed E-state index contributed by atoms with van der Waals surface area (Å²) in [4.78, 5) is 30.8. The predicted molar refractivity (Wildman–Crippen MR) is 109 cm³/mol. The van der Waals surface area contributed by atoms with Crippen LogP contribution in [0.2, 0.25) is 0 Å². The summed E-state index contributed by atoms with van der Waals surface area (Å²) in [5.41, 5.74) is 0.399. The van der Waals surface area contributed by atoms with Crippen molar-refractivity contribution in [3.8, 4) is 11.5 Å². The molecule has 1 aromatic heterocycles. The molecule has 1 aliphatic rings. The molecule has 6 heteroatoms. The van der Waals surface area contributed by atoms with Crippen LogP contribution in [0.3, 0.4) is 0 Å². The summed E-state index contributed by atoms with van der Waals surface area (Å²) in [5, 5.41) is 0. The highest BCUT2D eigenvalue weighted by Gasteiger charge is 2.33. The first-order valence-electron chi connectivity index (χ1n) is 9.96. The molecule has 0 N–H and O–H groups in total. The minimum absolute atomic E-state index is 0.130. The molecule has 0 unspecified atom stereocenters. The van der Waals surface area contributed by atoms with Crippen LogP contribution in [0.25, 0.3) is 0 Å². The fraction of sp³-hybridized carbons (Fsp3) is 0.435. The number of amides is 1. The van der Waals surface area contributed by atoms with Gasteiger partial charge in [0, 0.05) is 30.3 Å². The standard InChI is InChI=1S/C23H28N2O4/c1-23(2,3)22(27)25-13-10-17(11-14-25)21(26)28-16-18-7-4-5-9-20(18)29-19-8-6-12-24-15-19/h4-9,12,15,17H,10-11,13-14,16H2,1-3H3. The zero-order chi connectivity index (χ0) is 20.9. The lowest BCUT2D eigenvalue weighted by Gasteiger charge is -2.35. The highest BCUT2D eigenvalue weighted by atomic mass is 16.5. The lowest BCUT2D eigenvalue weighted by Crippen LogP contribution is -2.45. The Morgan fingerprint density at radius 3 is 2.48 bits per heavy atom. The number of hydrogen-bond donors (Lipinski definition) is 0. The molecular weight excluding hydrogens is 368 g/mol. The van der Waals surface area contributed by atoms with Crippen molar-refractivity contribution in [2.75, 3.05) is 13.1 Å². The second-order valence-corrected chi connectivity index (χ2v) is 8.32. The van der Waals surface area contributed by atoms with E-state index in [1.807, 2.05) is 56.0 Å². The lowest BCUT2D eigenvalue weighted by molar-refractivity contribution is -0.154. The average Bonchev–Trinajstić information content (AvgIpc) is 2.72. The number of para-hydroxylation sites is 1. The Bertz CT molecular complexity index is 837. The van der Waals surface area contributed by atoms with Gasteiger partial charge in [0.15, 0.2) is 0 Å². The van der Waals surface area contributed by atoms with Gasteiger partial charge in [0.05, 0.1) is 12.1 Å². The first kappa shape index (κ1) is 20.8. The van der Waals surface area contributed by atoms with Gasteiger partial charge in [-0.1, -0.05) is 39.0 Å². The Kier molecular flexibility index (Phi) is 6.52. The second kappa shape index (κ2) is 9.07. The van der Waals surface area contributed by atoms with E-state index in [9.17, 15) is 9.59 Å². The topological polar surface area (TPSA) is 68.7 Å². The van der Waals surface area contributed by atoms with Crippen LogP contribution < -0.4 is 4.74 Å². The third-order valence-electron chi connectivity index (χ3n) is 4.96. The monoisotopic (exact) mass is 396 g/mol. The molecule has 0 atom stereocenters. The number of esters is 1. The number of aromatic nitrogens is 1. The molecule has 2 heterocycles. The number of benzene rings is 1. The molecule has 1 aromatic carbocycles. The molecule has 1 fully saturated rings. The van der Waals surface area contributed by atoms with Gasteiger partial charge in [-0.2, -0.15) is 0 Å². The van der Waals surface area contributed by atoms with Crippen LogP contribution in [0.5, 0.6) is 11.5 Å². The number of pyridine rings is 1. The summed E-state index contributed by atoms with van der Waals surface area (Å²) in [7, 11) is 0. The van der Waals surface area contributed by atoms with Crippen molar-refractivity contribution in [3.63, 3.8) is 0 Å². The van der Waals surface area contributed by atoms with Crippen LogP contribution in [-0.4, -0.2) is 34.8 Å². The van der Waals surface area contributed by atoms with Gasteiger partial charge in [0.2, 0.25) is 5.91 Å². The van der Waals surface area contributed by atoms with Crippen molar-refractivity contribution < 1.29 is 19.1 Å². The first-order chi connectivity index (χ1) is 13.8. The Balaban J connectivity index is 1.54. The minimum Gasteiger partial charge on any atom is -0.460 e. The van der Waals surface area contributed by atoms with Crippen molar-refractivity contribution in [1.82, 2.24) is 9.88 Å². The summed E-state index contributed by atoms with van der Waals surface area (Å²) in [6, 6.07) is 11.1. The summed E-state index contributed by atoms with van der Waals surface area (Å²) >= 11 is 0. The van der Waals surface area contributed by atoms with Crippen molar-refractivity contribution >= 4 is 11.9 Å². The molecule has 2 aromatic rings. The first-order valence-corrected chi connectivity index (χ1v) is 9.96. The molecule has 1 amide bonds. The second-order valence-electron chi connectivity index (χ2n) is 8.32. The molecule has 0 spiro atoms. The van der Waals surface area contributed by atoms with Gasteiger partial charge in [-0.05, 0) is 31.0 Å². The molecule has 3 rings (SSSR count). The SMILES string of the molecule is CC(C)(C)C(=O)N1CCC(C(=O)OCc2ccccc2Oc2cccnc2)CC1. The molecular formula is C23H28N2O4. The fourth-order valence-corrected chi connectivity index (χ4v) is 3.32. The van der Waals surface area contributed by atoms with E-state index in [4.69, 9.17) is 9.47 Å². The number of ether oxygens (including phenoxy) is 2. The van der Waals surface area contributed by atoms with E-state index in [-0.39, 0.29) is 24.4 Å². The number of nitrogens with zero attached hydrogens (tertiary/aromatic N) is 2. The third kappa shape index (κ3) is 5.56. The van der Waals surface area contributed by atoms with Gasteiger partial charge >= 0.3 is 5.97 Å². The van der Waals surface area contributed by atoms with E-state index < -0.39 is 5.41 Å². The largest absolute Gasteiger partial charge is 0.460 e. The maximum atomic E-state index is 12.5. The highest BCUT2D eigenvalue weighted by molar-refractivity contribution is 5.82. The summed E-state index contributed by atoms with van der Waals surface area (Å²) in [6.07, 6.45) is 4.58. The highest BCUT2D eigenvalue weighted by Crippen LogP contribution is 2.27. The number of likely N-dealkylation sites (tertiary alicyclic amines) is 1. The zero-order valence-corrected chi connectivity index (χ0v) is 17.3. The van der Waals surface area contributed by atoms with Gasteiger partial charge < -0.3 is 14.4 Å². The van der Waals surface area contributed by atoms with E-state index in [1.165, 1.54) is 0 Å². The van der Waals surface area contributed by atoms with E-state index in [0.29, 0.717) is 37.4 Å². The molecule has 0 saturated carbocycles. The molecule has 6 nitrogen and oxygen atoms in total. The van der Waals surface area contributed by atoms with Crippen molar-refractivity contribution in [2.45, 2.75) is 40.2 Å². The molecule has 154 valence electrons. The molecule has 29 heavy (non-hydrogen) atoms. The number of hydrogen-bond acceptors (Lipinski definition) is 5. The fourth-order valence-electron chi connectivity index (χ4n) is 3.32. The van der Waals surface area contributed by atoms with E-state index in [1.54, 1.807) is 18.5 Å². The maximum absolute atomic E-state index is 12.5. The number of carbonyl (C=O) groups is 2. The van der Waals surface area contributed by atoms with Crippen LogP contribution in [0.1, 0.15) is 39.2 Å². The zero-order valence-electron chi connectivity index (χ0n) is 17.3. The van der Waals surface area contributed by atoms with Gasteiger partial charge in [-0.3, -0.25) is 14.6 Å². The van der Waals surface area contributed by atoms with Crippen LogP contribution in [0.4, 0.5) is 0 Å². The average molecular weight is 396 g/mol. The van der Waals surface area contributed by atoms with Crippen LogP contribution in [0, 0.1) is 11.3 Å². The van der Waals surface area contributed by atoms with Gasteiger partial charge in [-0.25, -0.2) is 0 Å². The van der Waals surface area contributed by atoms with Crippen LogP contribution >= 0.6 is 0 Å². The number of carbonyl (C=O) groups excluding carboxylic acids is 2. The van der Waals surface area contributed by atoms with E-state index in [2.05, 4.69) is 4.98 Å². The Morgan fingerprint density at radius 2 is 1.83 bits per heavy atom. The molecule has 0 radical (unpaired) electrons.